The van der Waals surface area contributed by atoms with Crippen LogP contribution in [0.25, 0.3) is 5.82 Å². The van der Waals surface area contributed by atoms with Gasteiger partial charge in [0.2, 0.25) is 15.9 Å². The average Bonchev–Trinajstić information content (AvgIpc) is 3.01. The van der Waals surface area contributed by atoms with Crippen molar-refractivity contribution < 1.29 is 13.2 Å². The van der Waals surface area contributed by atoms with Crippen molar-refractivity contribution in [2.24, 2.45) is 0 Å². The van der Waals surface area contributed by atoms with Gasteiger partial charge in [-0.3, -0.25) is 9.29 Å². The van der Waals surface area contributed by atoms with Crippen molar-refractivity contribution in [3.63, 3.8) is 0 Å². The molecule has 148 valence electrons. The van der Waals surface area contributed by atoms with Crippen LogP contribution >= 0.6 is 0 Å². The molecule has 0 aliphatic carbocycles. The van der Waals surface area contributed by atoms with Gasteiger partial charge in [-0.15, -0.1) is 0 Å². The Morgan fingerprint density at radius 3 is 2.50 bits per heavy atom. The fourth-order valence-corrected chi connectivity index (χ4v) is 3.79. The van der Waals surface area contributed by atoms with Crippen LogP contribution in [0.15, 0.2) is 43.0 Å². The zero-order chi connectivity index (χ0) is 20.1. The molecule has 0 saturated carbocycles. The lowest BCUT2D eigenvalue weighted by Gasteiger charge is -2.10. The molecule has 0 radical (unpaired) electrons. The number of imidazole rings is 1. The molecule has 0 aliphatic heterocycles. The summed E-state index contributed by atoms with van der Waals surface area (Å²) in [6.07, 6.45) is 4.58. The maximum absolute atomic E-state index is 12.0. The number of benzene rings is 1. The van der Waals surface area contributed by atoms with E-state index in [1.165, 1.54) is 6.33 Å². The molecule has 0 unspecified atom stereocenters. The molecule has 9 heteroatoms. The summed E-state index contributed by atoms with van der Waals surface area (Å²) in [6.45, 7) is 5.85. The van der Waals surface area contributed by atoms with Gasteiger partial charge in [0.25, 0.3) is 0 Å². The van der Waals surface area contributed by atoms with Crippen LogP contribution in [-0.2, 0) is 10.0 Å². The topological polar surface area (TPSA) is 99.0 Å². The number of nitrogens with one attached hydrogen (secondary N) is 1. The van der Waals surface area contributed by atoms with E-state index in [1.54, 1.807) is 36.7 Å². The van der Waals surface area contributed by atoms with Crippen LogP contribution in [-0.4, -0.2) is 33.7 Å². The summed E-state index contributed by atoms with van der Waals surface area (Å²) < 4.78 is 34.1. The van der Waals surface area contributed by atoms with Gasteiger partial charge in [-0.05, 0) is 44.5 Å². The second-order valence-corrected chi connectivity index (χ2v) is 8.24. The summed E-state index contributed by atoms with van der Waals surface area (Å²) >= 11 is 0. The van der Waals surface area contributed by atoms with Gasteiger partial charge < -0.3 is 4.74 Å². The predicted molar refractivity (Wildman–Crippen MR) is 107 cm³/mol. The van der Waals surface area contributed by atoms with Gasteiger partial charge in [0.1, 0.15) is 24.2 Å². The normalized spacial score (nSPS) is 11.4. The minimum Gasteiger partial charge on any atom is -0.439 e. The number of nitrogens with zero attached hydrogens (tertiary/aromatic N) is 4. The van der Waals surface area contributed by atoms with E-state index in [4.69, 9.17) is 4.74 Å². The smallest absolute Gasteiger partial charge is 0.232 e. The standard InChI is InChI=1S/C19H23N5O3S/c1-4-5-10-28(25,26)23-16-6-8-17(9-7-16)27-19-11-18(20-12-21-19)24-13-22-14(2)15(24)3/h6-9,11-13,23H,4-5,10H2,1-3H3. The summed E-state index contributed by atoms with van der Waals surface area (Å²) in [7, 11) is -3.33. The maximum atomic E-state index is 12.0. The quantitative estimate of drug-likeness (QED) is 0.619. The van der Waals surface area contributed by atoms with Gasteiger partial charge in [-0.1, -0.05) is 13.3 Å². The highest BCUT2D eigenvalue weighted by Gasteiger charge is 2.10. The molecule has 28 heavy (non-hydrogen) atoms. The van der Waals surface area contributed by atoms with Crippen molar-refractivity contribution in [3.05, 3.63) is 54.4 Å². The summed E-state index contributed by atoms with van der Waals surface area (Å²) in [5.74, 6) is 1.69. The highest BCUT2D eigenvalue weighted by molar-refractivity contribution is 7.92. The van der Waals surface area contributed by atoms with Gasteiger partial charge >= 0.3 is 0 Å². The van der Waals surface area contributed by atoms with Crippen molar-refractivity contribution in [3.8, 4) is 17.4 Å². The molecule has 3 rings (SSSR count). The molecule has 2 aromatic heterocycles. The Morgan fingerprint density at radius 2 is 1.86 bits per heavy atom. The van der Waals surface area contributed by atoms with E-state index in [1.807, 2.05) is 25.3 Å². The molecule has 1 N–H and O–H groups in total. The first-order chi connectivity index (χ1) is 13.4. The third-order valence-electron chi connectivity index (χ3n) is 4.24. The number of anilines is 1. The molecule has 0 fully saturated rings. The number of unbranched alkanes of at least 4 members (excludes halogenated alkanes) is 1. The Balaban J connectivity index is 1.71. The summed E-state index contributed by atoms with van der Waals surface area (Å²) in [5, 5.41) is 0. The minimum absolute atomic E-state index is 0.110. The lowest BCUT2D eigenvalue weighted by molar-refractivity contribution is 0.461. The van der Waals surface area contributed by atoms with Crippen molar-refractivity contribution in [2.75, 3.05) is 10.5 Å². The predicted octanol–water partition coefficient (Wildman–Crippen LogP) is 3.61. The van der Waals surface area contributed by atoms with Gasteiger partial charge in [-0.2, -0.15) is 0 Å². The van der Waals surface area contributed by atoms with E-state index in [0.717, 1.165) is 17.8 Å². The highest BCUT2D eigenvalue weighted by atomic mass is 32.2. The third kappa shape index (κ3) is 4.86. The number of aromatic nitrogens is 4. The highest BCUT2D eigenvalue weighted by Crippen LogP contribution is 2.23. The largest absolute Gasteiger partial charge is 0.439 e. The molecule has 3 aromatic rings. The monoisotopic (exact) mass is 401 g/mol. The Morgan fingerprint density at radius 1 is 1.11 bits per heavy atom. The maximum Gasteiger partial charge on any atom is 0.232 e. The van der Waals surface area contributed by atoms with E-state index in [2.05, 4.69) is 19.7 Å². The van der Waals surface area contributed by atoms with E-state index < -0.39 is 10.0 Å². The van der Waals surface area contributed by atoms with E-state index in [-0.39, 0.29) is 5.75 Å². The van der Waals surface area contributed by atoms with Crippen molar-refractivity contribution >= 4 is 15.7 Å². The fourth-order valence-electron chi connectivity index (χ4n) is 2.52. The Hall–Kier alpha value is -2.94. The van der Waals surface area contributed by atoms with E-state index in [0.29, 0.717) is 29.6 Å². The van der Waals surface area contributed by atoms with Crippen LogP contribution in [0.5, 0.6) is 11.6 Å². The molecule has 1 aromatic carbocycles. The molecule has 0 atom stereocenters. The van der Waals surface area contributed by atoms with Crippen LogP contribution in [0.4, 0.5) is 5.69 Å². The molecule has 2 heterocycles. The molecule has 0 spiro atoms. The summed E-state index contributed by atoms with van der Waals surface area (Å²) in [4.78, 5) is 12.7. The number of aryl methyl sites for hydroxylation is 1. The summed E-state index contributed by atoms with van der Waals surface area (Å²) in [6, 6.07) is 8.40. The second kappa shape index (κ2) is 8.39. The van der Waals surface area contributed by atoms with E-state index in [9.17, 15) is 8.42 Å². The zero-order valence-corrected chi connectivity index (χ0v) is 16.9. The summed E-state index contributed by atoms with van der Waals surface area (Å²) in [5.41, 5.74) is 2.42. The Labute approximate surface area is 164 Å². The lowest BCUT2D eigenvalue weighted by Crippen LogP contribution is -2.16. The van der Waals surface area contributed by atoms with Gasteiger partial charge in [0.05, 0.1) is 11.4 Å². The molecular formula is C19H23N5O3S. The number of hydrogen-bond donors (Lipinski definition) is 1. The molecule has 0 bridgehead atoms. The molecule has 0 amide bonds. The number of rotatable bonds is 8. The first-order valence-corrected chi connectivity index (χ1v) is 10.6. The molecule has 0 aliphatic rings. The molecule has 8 nitrogen and oxygen atoms in total. The average molecular weight is 401 g/mol. The first kappa shape index (κ1) is 19.8. The van der Waals surface area contributed by atoms with Crippen LogP contribution in [0.3, 0.4) is 0 Å². The van der Waals surface area contributed by atoms with Crippen molar-refractivity contribution in [1.82, 2.24) is 19.5 Å². The SMILES string of the molecule is CCCCS(=O)(=O)Nc1ccc(Oc2cc(-n3cnc(C)c3C)ncn2)cc1. The third-order valence-corrected chi connectivity index (χ3v) is 5.62. The van der Waals surface area contributed by atoms with Crippen LogP contribution in [0.1, 0.15) is 31.2 Å². The molecular weight excluding hydrogens is 378 g/mol. The second-order valence-electron chi connectivity index (χ2n) is 6.40. The van der Waals surface area contributed by atoms with Crippen molar-refractivity contribution in [2.45, 2.75) is 33.6 Å². The van der Waals surface area contributed by atoms with Gasteiger partial charge in [-0.25, -0.2) is 23.4 Å². The van der Waals surface area contributed by atoms with Crippen LogP contribution in [0, 0.1) is 13.8 Å². The number of ether oxygens (including phenoxy) is 1. The zero-order valence-electron chi connectivity index (χ0n) is 16.1. The van der Waals surface area contributed by atoms with Crippen LogP contribution < -0.4 is 9.46 Å². The van der Waals surface area contributed by atoms with Gasteiger partial charge in [0.15, 0.2) is 0 Å². The Kier molecular flexibility index (Phi) is 5.93. The Bertz CT molecular complexity index is 1050. The van der Waals surface area contributed by atoms with E-state index >= 15 is 0 Å². The minimum atomic E-state index is -3.33. The molecule has 0 saturated heterocycles. The lowest BCUT2D eigenvalue weighted by atomic mass is 10.3. The number of hydrogen-bond acceptors (Lipinski definition) is 6. The number of sulfonamides is 1. The van der Waals surface area contributed by atoms with Gasteiger partial charge in [0, 0.05) is 17.4 Å². The fraction of sp³-hybridized carbons (Fsp3) is 0.316. The van der Waals surface area contributed by atoms with Crippen molar-refractivity contribution in [1.29, 1.82) is 0 Å². The first-order valence-electron chi connectivity index (χ1n) is 8.99. The van der Waals surface area contributed by atoms with Crippen LogP contribution in [0.2, 0.25) is 0 Å².